The van der Waals surface area contributed by atoms with Crippen molar-refractivity contribution in [1.29, 1.82) is 0 Å². The Morgan fingerprint density at radius 3 is 2.61 bits per heavy atom. The number of nitrogens with zero attached hydrogens (tertiary/aromatic N) is 3. The summed E-state index contributed by atoms with van der Waals surface area (Å²) in [6.45, 7) is 5.00. The molecule has 1 aromatic heterocycles. The molecule has 1 saturated heterocycles. The summed E-state index contributed by atoms with van der Waals surface area (Å²) in [5.74, 6) is -1.31. The first-order valence-corrected chi connectivity index (χ1v) is 13.0. The molecule has 1 aliphatic heterocycles. The maximum absolute atomic E-state index is 14.6. The Balaban J connectivity index is 1.89. The molecule has 0 aliphatic carbocycles. The normalized spacial score (nSPS) is 22.3. The SMILES string of the molecule is CC(C)CCO[C@@H]1CN(C(=O)c2ccccc2F)CCN(C(=O)c2cocn2)CCCCOC[C@@H](O)[C@H]1O. The molecule has 3 atom stereocenters. The molecule has 0 spiro atoms. The van der Waals surface area contributed by atoms with Crippen LogP contribution in [0.25, 0.3) is 0 Å². The van der Waals surface area contributed by atoms with E-state index < -0.39 is 30.0 Å². The molecule has 0 unspecified atom stereocenters. The lowest BCUT2D eigenvalue weighted by Gasteiger charge is -2.34. The van der Waals surface area contributed by atoms with Crippen LogP contribution in [0.3, 0.4) is 0 Å². The highest BCUT2D eigenvalue weighted by Crippen LogP contribution is 2.16. The van der Waals surface area contributed by atoms with Crippen molar-refractivity contribution in [3.05, 3.63) is 54.0 Å². The second-order valence-corrected chi connectivity index (χ2v) is 9.83. The van der Waals surface area contributed by atoms with Crippen molar-refractivity contribution >= 4 is 11.8 Å². The molecule has 2 amide bonds. The fourth-order valence-electron chi connectivity index (χ4n) is 4.11. The Labute approximate surface area is 222 Å². The highest BCUT2D eigenvalue weighted by Gasteiger charge is 2.32. The molecule has 1 aromatic carbocycles. The molecule has 2 N–H and O–H groups in total. The van der Waals surface area contributed by atoms with Gasteiger partial charge in [-0.05, 0) is 37.3 Å². The number of aliphatic hydroxyl groups is 2. The van der Waals surface area contributed by atoms with Crippen molar-refractivity contribution in [2.24, 2.45) is 5.92 Å². The van der Waals surface area contributed by atoms with Gasteiger partial charge < -0.3 is 33.9 Å². The fourth-order valence-corrected chi connectivity index (χ4v) is 4.11. The summed E-state index contributed by atoms with van der Waals surface area (Å²) < 4.78 is 31.1. The number of aliphatic hydroxyl groups excluding tert-OH is 2. The maximum atomic E-state index is 14.6. The van der Waals surface area contributed by atoms with Gasteiger partial charge in [0.15, 0.2) is 12.1 Å². The average molecular weight is 536 g/mol. The summed E-state index contributed by atoms with van der Waals surface area (Å²) in [5, 5.41) is 21.5. The van der Waals surface area contributed by atoms with Crippen LogP contribution in [0.15, 0.2) is 41.3 Å². The Bertz CT molecular complexity index is 1000. The monoisotopic (exact) mass is 535 g/mol. The third kappa shape index (κ3) is 8.59. The summed E-state index contributed by atoms with van der Waals surface area (Å²) in [6, 6.07) is 5.64. The number of hydrogen-bond donors (Lipinski definition) is 2. The van der Waals surface area contributed by atoms with Gasteiger partial charge >= 0.3 is 0 Å². The summed E-state index contributed by atoms with van der Waals surface area (Å²) in [7, 11) is 0. The molecule has 0 radical (unpaired) electrons. The van der Waals surface area contributed by atoms with Gasteiger partial charge in [0.05, 0.1) is 12.2 Å². The van der Waals surface area contributed by atoms with Gasteiger partial charge in [-0.25, -0.2) is 9.37 Å². The van der Waals surface area contributed by atoms with Gasteiger partial charge in [0, 0.05) is 39.4 Å². The largest absolute Gasteiger partial charge is 0.451 e. The number of ether oxygens (including phenoxy) is 2. The minimum absolute atomic E-state index is 0.0418. The van der Waals surface area contributed by atoms with Crippen LogP contribution in [0.4, 0.5) is 4.39 Å². The summed E-state index contributed by atoms with van der Waals surface area (Å²) in [5.41, 5.74) is 0.00471. The number of hydrogen-bond acceptors (Lipinski definition) is 8. The smallest absolute Gasteiger partial charge is 0.275 e. The van der Waals surface area contributed by atoms with Crippen LogP contribution in [0.1, 0.15) is 54.0 Å². The van der Waals surface area contributed by atoms with E-state index in [2.05, 4.69) is 4.98 Å². The number of aromatic nitrogens is 1. The van der Waals surface area contributed by atoms with Gasteiger partial charge in [-0.2, -0.15) is 0 Å². The standard InChI is InChI=1S/C27H38FN3O7/c1-19(2)9-14-38-24-15-31(26(34)20-7-3-4-8-21(20)28)12-11-30(27(35)22-16-37-18-29-22)10-5-6-13-36-17-23(32)25(24)33/h3-4,7-8,16,18-19,23-25,32-33H,5-6,9-15,17H2,1-2H3/t23-,24-,25-/m1/s1. The van der Waals surface area contributed by atoms with Gasteiger partial charge in [-0.15, -0.1) is 0 Å². The summed E-state index contributed by atoms with van der Waals surface area (Å²) in [4.78, 5) is 33.4. The molecule has 1 fully saturated rings. The first-order chi connectivity index (χ1) is 18.3. The van der Waals surface area contributed by atoms with Gasteiger partial charge in [0.2, 0.25) is 0 Å². The Morgan fingerprint density at radius 2 is 1.89 bits per heavy atom. The molecule has 2 aromatic rings. The van der Waals surface area contributed by atoms with E-state index in [0.29, 0.717) is 44.9 Å². The number of rotatable bonds is 6. The van der Waals surface area contributed by atoms with Gasteiger partial charge in [0.1, 0.15) is 30.4 Å². The van der Waals surface area contributed by atoms with Crippen LogP contribution in [-0.2, 0) is 9.47 Å². The van der Waals surface area contributed by atoms with Crippen LogP contribution >= 0.6 is 0 Å². The lowest BCUT2D eigenvalue weighted by atomic mass is 10.1. The lowest BCUT2D eigenvalue weighted by Crippen LogP contribution is -2.51. The second-order valence-electron chi connectivity index (χ2n) is 9.83. The number of amides is 2. The molecule has 210 valence electrons. The molecular weight excluding hydrogens is 497 g/mol. The van der Waals surface area contributed by atoms with E-state index in [1.807, 2.05) is 13.8 Å². The minimum Gasteiger partial charge on any atom is -0.451 e. The zero-order chi connectivity index (χ0) is 27.5. The Morgan fingerprint density at radius 1 is 1.13 bits per heavy atom. The lowest BCUT2D eigenvalue weighted by molar-refractivity contribution is -0.116. The minimum atomic E-state index is -1.35. The van der Waals surface area contributed by atoms with E-state index in [9.17, 15) is 24.2 Å². The van der Waals surface area contributed by atoms with Crippen molar-refractivity contribution in [3.8, 4) is 0 Å². The number of carbonyl (C=O) groups excluding carboxylic acids is 2. The van der Waals surface area contributed by atoms with Crippen molar-refractivity contribution in [2.45, 2.75) is 51.4 Å². The van der Waals surface area contributed by atoms with Gasteiger partial charge in [-0.1, -0.05) is 26.0 Å². The van der Waals surface area contributed by atoms with Crippen LogP contribution < -0.4 is 0 Å². The molecule has 38 heavy (non-hydrogen) atoms. The number of benzene rings is 1. The zero-order valence-corrected chi connectivity index (χ0v) is 22.0. The quantitative estimate of drug-likeness (QED) is 0.578. The molecular formula is C27H38FN3O7. The third-order valence-electron chi connectivity index (χ3n) is 6.43. The number of oxazole rings is 1. The highest BCUT2D eigenvalue weighted by atomic mass is 19.1. The number of halogens is 1. The molecule has 11 heteroatoms. The van der Waals surface area contributed by atoms with E-state index in [0.717, 1.165) is 0 Å². The van der Waals surface area contributed by atoms with Crippen LogP contribution in [0.2, 0.25) is 0 Å². The summed E-state index contributed by atoms with van der Waals surface area (Å²) >= 11 is 0. The maximum Gasteiger partial charge on any atom is 0.275 e. The average Bonchev–Trinajstić information content (AvgIpc) is 3.44. The van der Waals surface area contributed by atoms with E-state index in [4.69, 9.17) is 13.9 Å². The van der Waals surface area contributed by atoms with E-state index >= 15 is 0 Å². The molecule has 1 aliphatic rings. The second kappa shape index (κ2) is 14.9. The molecule has 2 heterocycles. The third-order valence-corrected chi connectivity index (χ3v) is 6.43. The number of carbonyl (C=O) groups is 2. The van der Waals surface area contributed by atoms with Crippen molar-refractivity contribution < 1.29 is 38.1 Å². The van der Waals surface area contributed by atoms with Crippen LogP contribution in [0, 0.1) is 11.7 Å². The predicted octanol–water partition coefficient (Wildman–Crippen LogP) is 2.36. The Kier molecular flexibility index (Phi) is 11.7. The highest BCUT2D eigenvalue weighted by molar-refractivity contribution is 5.95. The predicted molar refractivity (Wildman–Crippen MR) is 136 cm³/mol. The topological polar surface area (TPSA) is 126 Å². The van der Waals surface area contributed by atoms with E-state index in [-0.39, 0.29) is 43.4 Å². The fraction of sp³-hybridized carbons (Fsp3) is 0.593. The molecule has 0 saturated carbocycles. The van der Waals surface area contributed by atoms with Crippen molar-refractivity contribution in [3.63, 3.8) is 0 Å². The van der Waals surface area contributed by atoms with Crippen LogP contribution in [0.5, 0.6) is 0 Å². The first kappa shape index (κ1) is 29.7. The molecule has 10 nitrogen and oxygen atoms in total. The zero-order valence-electron chi connectivity index (χ0n) is 22.0. The molecule has 3 rings (SSSR count). The van der Waals surface area contributed by atoms with Gasteiger partial charge in [0.25, 0.3) is 11.8 Å². The van der Waals surface area contributed by atoms with Crippen molar-refractivity contribution in [1.82, 2.24) is 14.8 Å². The first-order valence-electron chi connectivity index (χ1n) is 13.0. The van der Waals surface area contributed by atoms with E-state index in [1.54, 1.807) is 11.0 Å². The Hall–Kier alpha value is -2.86. The van der Waals surface area contributed by atoms with E-state index in [1.165, 1.54) is 35.8 Å². The summed E-state index contributed by atoms with van der Waals surface area (Å²) in [6.07, 6.45) is 0.789. The van der Waals surface area contributed by atoms with Crippen molar-refractivity contribution in [2.75, 3.05) is 46.0 Å². The van der Waals surface area contributed by atoms with Crippen LogP contribution in [-0.4, -0.2) is 101 Å². The van der Waals surface area contributed by atoms with Gasteiger partial charge in [-0.3, -0.25) is 9.59 Å². The molecule has 0 bridgehead atoms.